The van der Waals surface area contributed by atoms with Crippen LogP contribution in [-0.4, -0.2) is 10.7 Å². The predicted octanol–water partition coefficient (Wildman–Crippen LogP) is 0.175. The molecule has 0 aromatic rings. The van der Waals surface area contributed by atoms with Crippen LogP contribution in [0.2, 0.25) is 0 Å². The van der Waals surface area contributed by atoms with Gasteiger partial charge in [-0.1, -0.05) is 0 Å². The van der Waals surface area contributed by atoms with Crippen LogP contribution in [0.5, 0.6) is 0 Å². The van der Waals surface area contributed by atoms with E-state index in [1.54, 1.807) is 12.1 Å². The third-order valence-electron chi connectivity index (χ3n) is 0.664. The van der Waals surface area contributed by atoms with Gasteiger partial charge >= 0.3 is 0 Å². The van der Waals surface area contributed by atoms with E-state index in [1.165, 1.54) is 6.92 Å². The second-order valence-electron chi connectivity index (χ2n) is 1.72. The van der Waals surface area contributed by atoms with E-state index < -0.39 is 5.60 Å². The maximum absolute atomic E-state index is 8.74. The standard InChI is InChI=1S/C5H6N2O/c1-5(8,4-7)2-3-6/h8H,2H2,1H3/t5-/m1/s1. The van der Waals surface area contributed by atoms with Crippen LogP contribution in [0, 0.1) is 22.7 Å². The van der Waals surface area contributed by atoms with Crippen LogP contribution in [0.1, 0.15) is 13.3 Å². The highest BCUT2D eigenvalue weighted by Gasteiger charge is 2.17. The third-order valence-corrected chi connectivity index (χ3v) is 0.664. The van der Waals surface area contributed by atoms with Crippen molar-refractivity contribution in [2.45, 2.75) is 18.9 Å². The zero-order valence-corrected chi connectivity index (χ0v) is 4.55. The van der Waals surface area contributed by atoms with E-state index in [-0.39, 0.29) is 6.42 Å². The van der Waals surface area contributed by atoms with Crippen molar-refractivity contribution in [1.82, 2.24) is 0 Å². The van der Waals surface area contributed by atoms with Gasteiger partial charge in [-0.05, 0) is 6.92 Å². The van der Waals surface area contributed by atoms with Crippen molar-refractivity contribution in [3.63, 3.8) is 0 Å². The van der Waals surface area contributed by atoms with Gasteiger partial charge in [0.1, 0.15) is 0 Å². The molecule has 0 radical (unpaired) electrons. The minimum Gasteiger partial charge on any atom is -0.375 e. The first kappa shape index (κ1) is 6.94. The average molecular weight is 110 g/mol. The molecule has 0 saturated heterocycles. The molecular formula is C5H6N2O. The maximum atomic E-state index is 8.74. The van der Waals surface area contributed by atoms with Crippen LogP contribution in [0.25, 0.3) is 0 Å². The lowest BCUT2D eigenvalue weighted by Crippen LogP contribution is -2.19. The highest BCUT2D eigenvalue weighted by atomic mass is 16.3. The van der Waals surface area contributed by atoms with Gasteiger partial charge in [-0.3, -0.25) is 0 Å². The summed E-state index contributed by atoms with van der Waals surface area (Å²) < 4.78 is 0. The zero-order chi connectivity index (χ0) is 6.62. The lowest BCUT2D eigenvalue weighted by Gasteiger charge is -2.05. The largest absolute Gasteiger partial charge is 0.375 e. The van der Waals surface area contributed by atoms with Crippen molar-refractivity contribution < 1.29 is 5.11 Å². The summed E-state index contributed by atoms with van der Waals surface area (Å²) in [6, 6.07) is 3.26. The van der Waals surface area contributed by atoms with Crippen molar-refractivity contribution in [2.75, 3.05) is 0 Å². The first-order valence-electron chi connectivity index (χ1n) is 2.13. The molecule has 1 atom stereocenters. The Morgan fingerprint density at radius 2 is 2.12 bits per heavy atom. The van der Waals surface area contributed by atoms with Gasteiger partial charge < -0.3 is 5.11 Å². The third kappa shape index (κ3) is 2.17. The Morgan fingerprint density at radius 3 is 2.25 bits per heavy atom. The molecule has 0 aliphatic carbocycles. The zero-order valence-electron chi connectivity index (χ0n) is 4.55. The summed E-state index contributed by atoms with van der Waals surface area (Å²) in [5, 5.41) is 24.8. The van der Waals surface area contributed by atoms with E-state index in [0.717, 1.165) is 0 Å². The molecule has 0 fully saturated rings. The Labute approximate surface area is 47.8 Å². The number of hydrogen-bond donors (Lipinski definition) is 1. The van der Waals surface area contributed by atoms with E-state index >= 15 is 0 Å². The maximum Gasteiger partial charge on any atom is 0.161 e. The molecule has 0 spiro atoms. The summed E-state index contributed by atoms with van der Waals surface area (Å²) in [4.78, 5) is 0. The first-order chi connectivity index (χ1) is 3.62. The monoisotopic (exact) mass is 110 g/mol. The van der Waals surface area contributed by atoms with Crippen LogP contribution in [0.4, 0.5) is 0 Å². The smallest absolute Gasteiger partial charge is 0.161 e. The van der Waals surface area contributed by atoms with Crippen LogP contribution < -0.4 is 0 Å². The fourth-order valence-electron chi connectivity index (χ4n) is 0.193. The van der Waals surface area contributed by atoms with Crippen molar-refractivity contribution >= 4 is 0 Å². The Hall–Kier alpha value is -1.06. The van der Waals surface area contributed by atoms with Crippen LogP contribution in [-0.2, 0) is 0 Å². The molecule has 0 aromatic heterocycles. The summed E-state index contributed by atoms with van der Waals surface area (Å²) in [6.07, 6.45) is -0.135. The van der Waals surface area contributed by atoms with Crippen molar-refractivity contribution in [1.29, 1.82) is 10.5 Å². The number of nitrogens with zero attached hydrogens (tertiary/aromatic N) is 2. The van der Waals surface area contributed by atoms with Gasteiger partial charge in [0.15, 0.2) is 5.60 Å². The second kappa shape index (κ2) is 2.30. The Bertz CT molecular complexity index is 149. The van der Waals surface area contributed by atoms with Gasteiger partial charge in [0.2, 0.25) is 0 Å². The molecule has 0 unspecified atom stereocenters. The van der Waals surface area contributed by atoms with Gasteiger partial charge in [0, 0.05) is 0 Å². The Balaban J connectivity index is 3.82. The lowest BCUT2D eigenvalue weighted by atomic mass is 10.1. The SMILES string of the molecule is C[C@](O)(C#N)CC#N. The van der Waals surface area contributed by atoms with Gasteiger partial charge in [-0.2, -0.15) is 10.5 Å². The molecule has 0 aliphatic heterocycles. The van der Waals surface area contributed by atoms with Crippen molar-refractivity contribution in [2.24, 2.45) is 0 Å². The molecule has 1 N–H and O–H groups in total. The van der Waals surface area contributed by atoms with Gasteiger partial charge in [-0.15, -0.1) is 0 Å². The molecule has 0 amide bonds. The van der Waals surface area contributed by atoms with Gasteiger partial charge in [-0.25, -0.2) is 0 Å². The van der Waals surface area contributed by atoms with Gasteiger partial charge in [0.25, 0.3) is 0 Å². The van der Waals surface area contributed by atoms with Crippen molar-refractivity contribution in [3.05, 3.63) is 0 Å². The average Bonchev–Trinajstić information content (AvgIpc) is 1.67. The summed E-state index contributed by atoms with van der Waals surface area (Å²) in [7, 11) is 0. The summed E-state index contributed by atoms with van der Waals surface area (Å²) in [6.45, 7) is 1.30. The molecule has 0 rings (SSSR count). The molecule has 3 heteroatoms. The fraction of sp³-hybridized carbons (Fsp3) is 0.600. The van der Waals surface area contributed by atoms with E-state index in [4.69, 9.17) is 15.6 Å². The molecule has 42 valence electrons. The molecule has 8 heavy (non-hydrogen) atoms. The Kier molecular flexibility index (Phi) is 1.99. The molecule has 0 aliphatic rings. The van der Waals surface area contributed by atoms with Crippen LogP contribution >= 0.6 is 0 Å². The highest BCUT2D eigenvalue weighted by Crippen LogP contribution is 2.03. The van der Waals surface area contributed by atoms with Crippen LogP contribution in [0.15, 0.2) is 0 Å². The van der Waals surface area contributed by atoms with E-state index in [2.05, 4.69) is 0 Å². The summed E-state index contributed by atoms with van der Waals surface area (Å²) in [5.41, 5.74) is -1.46. The predicted molar refractivity (Wildman–Crippen MR) is 26.5 cm³/mol. The molecule has 0 heterocycles. The lowest BCUT2D eigenvalue weighted by molar-refractivity contribution is 0.125. The van der Waals surface area contributed by atoms with E-state index in [9.17, 15) is 0 Å². The molecule has 0 bridgehead atoms. The molecule has 0 saturated carbocycles. The second-order valence-corrected chi connectivity index (χ2v) is 1.72. The topological polar surface area (TPSA) is 67.8 Å². The number of aliphatic hydroxyl groups is 1. The van der Waals surface area contributed by atoms with E-state index in [1.807, 2.05) is 0 Å². The molecule has 3 nitrogen and oxygen atoms in total. The minimum atomic E-state index is -1.46. The van der Waals surface area contributed by atoms with Crippen LogP contribution in [0.3, 0.4) is 0 Å². The quantitative estimate of drug-likeness (QED) is 0.489. The number of rotatable bonds is 1. The molecular weight excluding hydrogens is 104 g/mol. The Morgan fingerprint density at radius 1 is 1.62 bits per heavy atom. The summed E-state index contributed by atoms with van der Waals surface area (Å²) in [5.74, 6) is 0. The first-order valence-corrected chi connectivity index (χ1v) is 2.13. The molecule has 0 aromatic carbocycles. The number of hydrogen-bond acceptors (Lipinski definition) is 3. The normalized spacial score (nSPS) is 15.5. The van der Waals surface area contributed by atoms with Crippen molar-refractivity contribution in [3.8, 4) is 12.1 Å². The van der Waals surface area contributed by atoms with E-state index in [0.29, 0.717) is 0 Å². The minimum absolute atomic E-state index is 0.135. The fourth-order valence-corrected chi connectivity index (χ4v) is 0.193. The number of nitriles is 2. The highest BCUT2D eigenvalue weighted by molar-refractivity contribution is 5.01. The van der Waals surface area contributed by atoms with Gasteiger partial charge in [0.05, 0.1) is 18.6 Å². The summed E-state index contributed by atoms with van der Waals surface area (Å²) >= 11 is 0.